The summed E-state index contributed by atoms with van der Waals surface area (Å²) in [4.78, 5) is 24.7. The fourth-order valence-electron chi connectivity index (χ4n) is 1.44. The Balaban J connectivity index is 2.32. The quantitative estimate of drug-likeness (QED) is 0.678. The van der Waals surface area contributed by atoms with E-state index < -0.39 is 10.9 Å². The van der Waals surface area contributed by atoms with Crippen LogP contribution in [0.4, 0.5) is 5.69 Å². The number of rotatable bonds is 4. The number of nitrogens with zero attached hydrogens (tertiary/aromatic N) is 2. The van der Waals surface area contributed by atoms with Gasteiger partial charge in [0.1, 0.15) is 11.5 Å². The van der Waals surface area contributed by atoms with E-state index in [1.54, 1.807) is 0 Å². The average molecular weight is 339 g/mol. The van der Waals surface area contributed by atoms with Crippen molar-refractivity contribution in [1.29, 1.82) is 0 Å². The van der Waals surface area contributed by atoms with Crippen LogP contribution in [0.5, 0.6) is 11.5 Å². The van der Waals surface area contributed by atoms with Gasteiger partial charge in [0.25, 0.3) is 5.69 Å². The lowest BCUT2D eigenvalue weighted by atomic mass is 10.3. The molecule has 0 radical (unpaired) electrons. The molecule has 2 aromatic rings. The molecule has 0 atom stereocenters. The van der Waals surface area contributed by atoms with Gasteiger partial charge >= 0.3 is 5.97 Å². The van der Waals surface area contributed by atoms with Gasteiger partial charge in [-0.05, 0) is 12.1 Å². The van der Waals surface area contributed by atoms with Crippen molar-refractivity contribution in [3.05, 3.63) is 56.8 Å². The number of nitro benzene ring substituents is 1. The van der Waals surface area contributed by atoms with Crippen molar-refractivity contribution in [3.8, 4) is 11.5 Å². The minimum absolute atomic E-state index is 0.0352. The summed E-state index contributed by atoms with van der Waals surface area (Å²) in [6, 6.07) is 5.37. The van der Waals surface area contributed by atoms with Crippen LogP contribution in [-0.2, 0) is 0 Å². The highest BCUT2D eigenvalue weighted by Gasteiger charge is 2.11. The smallest absolute Gasteiger partial charge is 0.337 e. The molecule has 102 valence electrons. The number of ether oxygens (including phenoxy) is 1. The van der Waals surface area contributed by atoms with Gasteiger partial charge in [-0.1, -0.05) is 15.9 Å². The molecule has 0 saturated heterocycles. The van der Waals surface area contributed by atoms with Gasteiger partial charge in [-0.15, -0.1) is 0 Å². The predicted octanol–water partition coefficient (Wildman–Crippen LogP) is 3.24. The van der Waals surface area contributed by atoms with E-state index in [0.717, 1.165) is 0 Å². The Morgan fingerprint density at radius 3 is 2.65 bits per heavy atom. The van der Waals surface area contributed by atoms with Crippen LogP contribution in [-0.4, -0.2) is 21.0 Å². The number of pyridine rings is 1. The van der Waals surface area contributed by atoms with E-state index in [1.165, 1.54) is 36.7 Å². The molecule has 1 N–H and O–H groups in total. The predicted molar refractivity (Wildman–Crippen MR) is 72.1 cm³/mol. The number of hydrogen-bond acceptors (Lipinski definition) is 5. The molecule has 0 saturated carbocycles. The zero-order valence-corrected chi connectivity index (χ0v) is 11.4. The minimum Gasteiger partial charge on any atom is -0.478 e. The van der Waals surface area contributed by atoms with Crippen molar-refractivity contribution >= 4 is 27.6 Å². The van der Waals surface area contributed by atoms with Gasteiger partial charge in [0, 0.05) is 16.7 Å². The largest absolute Gasteiger partial charge is 0.478 e. The molecule has 0 unspecified atom stereocenters. The van der Waals surface area contributed by atoms with Gasteiger partial charge in [0.05, 0.1) is 22.7 Å². The van der Waals surface area contributed by atoms with E-state index in [1.807, 2.05) is 0 Å². The maximum absolute atomic E-state index is 10.8. The molecular weight excluding hydrogens is 332 g/mol. The zero-order chi connectivity index (χ0) is 14.7. The first-order chi connectivity index (χ1) is 9.45. The summed E-state index contributed by atoms with van der Waals surface area (Å²) in [5, 5.41) is 19.6. The van der Waals surface area contributed by atoms with Crippen LogP contribution in [0.25, 0.3) is 0 Å². The lowest BCUT2D eigenvalue weighted by Gasteiger charge is -2.06. The van der Waals surface area contributed by atoms with Crippen LogP contribution in [0.15, 0.2) is 41.1 Å². The third-order valence-corrected chi connectivity index (χ3v) is 2.72. The van der Waals surface area contributed by atoms with E-state index in [2.05, 4.69) is 20.9 Å². The van der Waals surface area contributed by atoms with E-state index in [4.69, 9.17) is 9.84 Å². The number of carbonyl (C=O) groups is 1. The topological polar surface area (TPSA) is 103 Å². The summed E-state index contributed by atoms with van der Waals surface area (Å²) in [6.07, 6.45) is 2.50. The molecule has 1 heterocycles. The summed E-state index contributed by atoms with van der Waals surface area (Å²) in [7, 11) is 0. The first kappa shape index (κ1) is 13.9. The number of carboxylic acids is 1. The van der Waals surface area contributed by atoms with Gasteiger partial charge in [0.2, 0.25) is 0 Å². The monoisotopic (exact) mass is 338 g/mol. The first-order valence-corrected chi connectivity index (χ1v) is 6.06. The number of hydrogen-bond donors (Lipinski definition) is 1. The fraction of sp³-hybridized carbons (Fsp3) is 0. The second-order valence-corrected chi connectivity index (χ2v) is 4.63. The SMILES string of the molecule is O=C(O)c1cncc(Oc2cc(Br)cc([N+](=O)[O-])c2)c1. The fourth-order valence-corrected chi connectivity index (χ4v) is 1.90. The molecule has 0 aliphatic heterocycles. The van der Waals surface area contributed by atoms with E-state index in [-0.39, 0.29) is 22.7 Å². The molecule has 0 aliphatic rings. The molecular formula is C12H7BrN2O5. The summed E-state index contributed by atoms with van der Waals surface area (Å²) in [5.74, 6) is -0.754. The van der Waals surface area contributed by atoms with Crippen molar-refractivity contribution in [3.63, 3.8) is 0 Å². The Kier molecular flexibility index (Phi) is 3.94. The highest BCUT2D eigenvalue weighted by molar-refractivity contribution is 9.10. The van der Waals surface area contributed by atoms with Crippen LogP contribution in [0.3, 0.4) is 0 Å². The van der Waals surface area contributed by atoms with E-state index in [9.17, 15) is 14.9 Å². The third kappa shape index (κ3) is 3.29. The highest BCUT2D eigenvalue weighted by atomic mass is 79.9. The Hall–Kier alpha value is -2.48. The van der Waals surface area contributed by atoms with E-state index in [0.29, 0.717) is 4.47 Å². The number of carboxylic acid groups (broad SMARTS) is 1. The van der Waals surface area contributed by atoms with Gasteiger partial charge in [-0.25, -0.2) is 4.79 Å². The number of halogens is 1. The normalized spacial score (nSPS) is 10.1. The van der Waals surface area contributed by atoms with Gasteiger partial charge in [-0.3, -0.25) is 15.1 Å². The molecule has 1 aromatic carbocycles. The molecule has 1 aromatic heterocycles. The maximum atomic E-state index is 10.8. The van der Waals surface area contributed by atoms with Crippen molar-refractivity contribution in [2.24, 2.45) is 0 Å². The number of aromatic carboxylic acids is 1. The molecule has 0 fully saturated rings. The number of aromatic nitrogens is 1. The Labute approximate surface area is 121 Å². The highest BCUT2D eigenvalue weighted by Crippen LogP contribution is 2.29. The second kappa shape index (κ2) is 5.66. The maximum Gasteiger partial charge on any atom is 0.337 e. The Morgan fingerprint density at radius 2 is 2.00 bits per heavy atom. The average Bonchev–Trinajstić information content (AvgIpc) is 2.38. The van der Waals surface area contributed by atoms with Crippen molar-refractivity contribution in [1.82, 2.24) is 4.98 Å². The Bertz CT molecular complexity index is 689. The van der Waals surface area contributed by atoms with Gasteiger partial charge in [-0.2, -0.15) is 0 Å². The summed E-state index contributed by atoms with van der Waals surface area (Å²) < 4.78 is 5.86. The van der Waals surface area contributed by atoms with Crippen LogP contribution in [0.1, 0.15) is 10.4 Å². The van der Waals surface area contributed by atoms with Crippen molar-refractivity contribution in [2.45, 2.75) is 0 Å². The lowest BCUT2D eigenvalue weighted by Crippen LogP contribution is -1.97. The standard InChI is InChI=1S/C12H7BrN2O5/c13-8-2-9(15(18)19)4-10(3-8)20-11-1-7(12(16)17)5-14-6-11/h1-6H,(H,16,17). The third-order valence-electron chi connectivity index (χ3n) is 2.26. The molecule has 2 rings (SSSR count). The molecule has 0 bridgehead atoms. The molecule has 8 heteroatoms. The Morgan fingerprint density at radius 1 is 1.25 bits per heavy atom. The van der Waals surface area contributed by atoms with E-state index >= 15 is 0 Å². The number of benzene rings is 1. The minimum atomic E-state index is -1.14. The number of non-ortho nitro benzene ring substituents is 1. The van der Waals surface area contributed by atoms with Crippen LogP contribution >= 0.6 is 15.9 Å². The molecule has 0 aliphatic carbocycles. The van der Waals surface area contributed by atoms with Crippen LogP contribution in [0, 0.1) is 10.1 Å². The zero-order valence-electron chi connectivity index (χ0n) is 9.82. The van der Waals surface area contributed by atoms with Crippen molar-refractivity contribution in [2.75, 3.05) is 0 Å². The summed E-state index contributed by atoms with van der Waals surface area (Å²) in [6.45, 7) is 0. The number of nitro groups is 1. The molecule has 20 heavy (non-hydrogen) atoms. The molecule has 0 amide bonds. The summed E-state index contributed by atoms with van der Waals surface area (Å²) in [5.41, 5.74) is -0.177. The van der Waals surface area contributed by atoms with Crippen molar-refractivity contribution < 1.29 is 19.6 Å². The lowest BCUT2D eigenvalue weighted by molar-refractivity contribution is -0.385. The van der Waals surface area contributed by atoms with Gasteiger partial charge < -0.3 is 9.84 Å². The molecule has 0 spiro atoms. The van der Waals surface area contributed by atoms with Crippen LogP contribution < -0.4 is 4.74 Å². The van der Waals surface area contributed by atoms with Crippen LogP contribution in [0.2, 0.25) is 0 Å². The summed E-state index contributed by atoms with van der Waals surface area (Å²) >= 11 is 3.14. The van der Waals surface area contributed by atoms with Gasteiger partial charge in [0.15, 0.2) is 0 Å². The first-order valence-electron chi connectivity index (χ1n) is 5.27. The second-order valence-electron chi connectivity index (χ2n) is 3.72. The molecule has 7 nitrogen and oxygen atoms in total.